The van der Waals surface area contributed by atoms with Crippen LogP contribution < -0.4 is 5.32 Å². The molecule has 0 bridgehead atoms. The first kappa shape index (κ1) is 6.90. The summed E-state index contributed by atoms with van der Waals surface area (Å²) in [6.45, 7) is -0.799. The van der Waals surface area contributed by atoms with E-state index in [0.29, 0.717) is 0 Å². The summed E-state index contributed by atoms with van der Waals surface area (Å²) in [5, 5.41) is 17.1. The predicted octanol–water partition coefficient (Wildman–Crippen LogP) is -1.23. The van der Waals surface area contributed by atoms with Crippen LogP contribution in [0.25, 0.3) is 0 Å². The molecule has 0 aliphatic heterocycles. The van der Waals surface area contributed by atoms with Gasteiger partial charge >= 0.3 is 6.09 Å². The van der Waals surface area contributed by atoms with Crippen molar-refractivity contribution in [2.24, 2.45) is 0 Å². The van der Waals surface area contributed by atoms with Crippen LogP contribution >= 0.6 is 0 Å². The number of carboxylic acid groups (broad SMARTS) is 1. The van der Waals surface area contributed by atoms with Crippen molar-refractivity contribution >= 4 is 12.0 Å². The molecule has 46 valence electrons. The van der Waals surface area contributed by atoms with Crippen LogP contribution in [0.2, 0.25) is 0 Å². The number of carbonyl (C=O) groups is 2. The maximum Gasteiger partial charge on any atom is 0.411 e. The van der Waals surface area contributed by atoms with Gasteiger partial charge in [-0.1, -0.05) is 0 Å². The average molecular weight is 119 g/mol. The summed E-state index contributed by atoms with van der Waals surface area (Å²) in [6.07, 6.45) is -1.45. The van der Waals surface area contributed by atoms with Crippen LogP contribution in [0.15, 0.2) is 0 Å². The van der Waals surface area contributed by atoms with Crippen molar-refractivity contribution in [3.63, 3.8) is 0 Å². The molecule has 0 fully saturated rings. The number of hydrogen-bond donors (Lipinski definition) is 3. The van der Waals surface area contributed by atoms with Crippen LogP contribution in [-0.2, 0) is 4.79 Å². The lowest BCUT2D eigenvalue weighted by molar-refractivity contribution is -0.122. The van der Waals surface area contributed by atoms with Gasteiger partial charge in [-0.2, -0.15) is 0 Å². The number of imide groups is 1. The number of aliphatic hydroxyl groups is 1. The number of rotatable bonds is 1. The lowest BCUT2D eigenvalue weighted by atomic mass is 10.7. The third kappa shape index (κ3) is 3.10. The molecule has 0 aromatic carbocycles. The first-order valence-corrected chi connectivity index (χ1v) is 1.80. The van der Waals surface area contributed by atoms with Crippen LogP contribution in [0, 0.1) is 0 Å². The van der Waals surface area contributed by atoms with Crippen molar-refractivity contribution in [1.82, 2.24) is 5.32 Å². The van der Waals surface area contributed by atoms with Gasteiger partial charge in [0.15, 0.2) is 0 Å². The molecule has 0 saturated heterocycles. The molecule has 0 heterocycles. The van der Waals surface area contributed by atoms with Crippen molar-refractivity contribution in [2.45, 2.75) is 0 Å². The van der Waals surface area contributed by atoms with E-state index in [2.05, 4.69) is 0 Å². The number of carbonyl (C=O) groups excluding carboxylic acids is 1. The summed E-state index contributed by atoms with van der Waals surface area (Å²) in [7, 11) is 0. The van der Waals surface area contributed by atoms with Crippen molar-refractivity contribution in [2.75, 3.05) is 6.61 Å². The van der Waals surface area contributed by atoms with Crippen LogP contribution in [0.3, 0.4) is 0 Å². The Labute approximate surface area is 44.9 Å². The zero-order chi connectivity index (χ0) is 6.57. The van der Waals surface area contributed by atoms with Crippen molar-refractivity contribution in [3.05, 3.63) is 0 Å². The Kier molecular flexibility index (Phi) is 2.57. The summed E-state index contributed by atoms with van der Waals surface area (Å²) < 4.78 is 0. The molecule has 8 heavy (non-hydrogen) atoms. The largest absolute Gasteiger partial charge is 0.465 e. The third-order valence-corrected chi connectivity index (χ3v) is 0.390. The number of hydrogen-bond acceptors (Lipinski definition) is 3. The Bertz CT molecular complexity index is 110. The molecule has 0 aliphatic rings. The smallest absolute Gasteiger partial charge is 0.411 e. The minimum absolute atomic E-state index is 0.799. The maximum atomic E-state index is 9.88. The van der Waals surface area contributed by atoms with E-state index in [1.807, 2.05) is 0 Å². The van der Waals surface area contributed by atoms with E-state index < -0.39 is 18.6 Å². The van der Waals surface area contributed by atoms with E-state index >= 15 is 0 Å². The Morgan fingerprint density at radius 1 is 1.50 bits per heavy atom. The van der Waals surface area contributed by atoms with Crippen molar-refractivity contribution < 1.29 is 19.8 Å². The highest BCUT2D eigenvalue weighted by molar-refractivity contribution is 5.91. The quantitative estimate of drug-likeness (QED) is 0.403. The highest BCUT2D eigenvalue weighted by atomic mass is 16.4. The van der Waals surface area contributed by atoms with E-state index in [-0.39, 0.29) is 0 Å². The van der Waals surface area contributed by atoms with E-state index in [9.17, 15) is 9.59 Å². The van der Waals surface area contributed by atoms with E-state index in [1.54, 1.807) is 0 Å². The molecule has 0 aliphatic carbocycles. The second kappa shape index (κ2) is 2.98. The molecule has 0 rings (SSSR count). The zero-order valence-corrected chi connectivity index (χ0v) is 3.92. The van der Waals surface area contributed by atoms with Gasteiger partial charge in [0.25, 0.3) is 5.91 Å². The molecule has 0 atom stereocenters. The fourth-order valence-electron chi connectivity index (χ4n) is 0.159. The van der Waals surface area contributed by atoms with Gasteiger partial charge in [0.1, 0.15) is 6.61 Å². The summed E-state index contributed by atoms with van der Waals surface area (Å²) >= 11 is 0. The van der Waals surface area contributed by atoms with Crippen molar-refractivity contribution in [1.29, 1.82) is 0 Å². The van der Waals surface area contributed by atoms with E-state index in [1.165, 1.54) is 5.32 Å². The molecule has 0 aromatic heterocycles. The lowest BCUT2D eigenvalue weighted by Crippen LogP contribution is -2.30. The number of nitrogens with one attached hydrogen (secondary N) is 1. The number of amides is 2. The molecule has 0 aromatic rings. The average Bonchev–Trinajstić information content (AvgIpc) is 1.65. The molecule has 0 unspecified atom stereocenters. The van der Waals surface area contributed by atoms with Gasteiger partial charge in [0, 0.05) is 0 Å². The summed E-state index contributed by atoms with van der Waals surface area (Å²) in [5.74, 6) is -0.919. The standard InChI is InChI=1S/C3H5NO4/c5-1-2(6)4-3(7)8/h5H,1H2,(H,4,6)(H,7,8). The SMILES string of the molecule is O=C(O)NC(=O)CO. The molecule has 0 spiro atoms. The second-order valence-electron chi connectivity index (χ2n) is 1.01. The third-order valence-electron chi connectivity index (χ3n) is 0.390. The Hall–Kier alpha value is -1.10. The first-order valence-electron chi connectivity index (χ1n) is 1.80. The summed E-state index contributed by atoms with van der Waals surface area (Å²) in [6, 6.07) is 0. The molecular weight excluding hydrogens is 114 g/mol. The predicted molar refractivity (Wildman–Crippen MR) is 23.3 cm³/mol. The lowest BCUT2D eigenvalue weighted by Gasteiger charge is -1.90. The maximum absolute atomic E-state index is 9.88. The van der Waals surface area contributed by atoms with Gasteiger partial charge < -0.3 is 10.2 Å². The normalized spacial score (nSPS) is 8.12. The summed E-state index contributed by atoms with van der Waals surface area (Å²) in [4.78, 5) is 19.4. The molecule has 3 N–H and O–H groups in total. The molecular formula is C3H5NO4. The van der Waals surface area contributed by atoms with Gasteiger partial charge in [0.05, 0.1) is 0 Å². The van der Waals surface area contributed by atoms with Crippen LogP contribution in [0.4, 0.5) is 4.79 Å². The minimum Gasteiger partial charge on any atom is -0.465 e. The van der Waals surface area contributed by atoms with Gasteiger partial charge in [0.2, 0.25) is 0 Å². The highest BCUT2D eigenvalue weighted by Crippen LogP contribution is 1.61. The molecule has 0 saturated carbocycles. The van der Waals surface area contributed by atoms with Crippen LogP contribution in [-0.4, -0.2) is 28.8 Å². The molecule has 5 heteroatoms. The van der Waals surface area contributed by atoms with E-state index in [4.69, 9.17) is 10.2 Å². The van der Waals surface area contributed by atoms with Gasteiger partial charge in [-0.25, -0.2) is 4.79 Å². The fourth-order valence-corrected chi connectivity index (χ4v) is 0.159. The van der Waals surface area contributed by atoms with Crippen molar-refractivity contribution in [3.8, 4) is 0 Å². The molecule has 2 amide bonds. The van der Waals surface area contributed by atoms with Gasteiger partial charge in [-0.3, -0.25) is 10.1 Å². The van der Waals surface area contributed by atoms with Crippen LogP contribution in [0.5, 0.6) is 0 Å². The monoisotopic (exact) mass is 119 g/mol. The molecule has 0 radical (unpaired) electrons. The minimum atomic E-state index is -1.45. The van der Waals surface area contributed by atoms with Gasteiger partial charge in [-0.15, -0.1) is 0 Å². The number of aliphatic hydroxyl groups excluding tert-OH is 1. The van der Waals surface area contributed by atoms with Gasteiger partial charge in [-0.05, 0) is 0 Å². The second-order valence-corrected chi connectivity index (χ2v) is 1.01. The Morgan fingerprint density at radius 3 is 2.12 bits per heavy atom. The van der Waals surface area contributed by atoms with Crippen LogP contribution in [0.1, 0.15) is 0 Å². The summed E-state index contributed by atoms with van der Waals surface area (Å²) in [5.41, 5.74) is 0. The van der Waals surface area contributed by atoms with E-state index in [0.717, 1.165) is 0 Å². The molecule has 5 nitrogen and oxygen atoms in total. The first-order chi connectivity index (χ1) is 3.66. The topological polar surface area (TPSA) is 86.6 Å². The Balaban J connectivity index is 3.40. The fraction of sp³-hybridized carbons (Fsp3) is 0.333. The zero-order valence-electron chi connectivity index (χ0n) is 3.92. The Morgan fingerprint density at radius 2 is 2.00 bits per heavy atom. The highest BCUT2D eigenvalue weighted by Gasteiger charge is 2.00.